The predicted octanol–water partition coefficient (Wildman–Crippen LogP) is 0.784. The molecule has 1 aromatic rings. The van der Waals surface area contributed by atoms with Gasteiger partial charge in [-0.3, -0.25) is 0 Å². The summed E-state index contributed by atoms with van der Waals surface area (Å²) in [5.41, 5.74) is 7.97. The monoisotopic (exact) mass is 193 g/mol. The molecule has 5 nitrogen and oxygen atoms in total. The van der Waals surface area contributed by atoms with E-state index in [4.69, 9.17) is 5.73 Å². The number of carbonyl (C=O) groups excluding carboxylic acids is 1. The van der Waals surface area contributed by atoms with E-state index in [1.807, 2.05) is 0 Å². The van der Waals surface area contributed by atoms with Crippen molar-refractivity contribution in [3.05, 3.63) is 29.8 Å². The maximum absolute atomic E-state index is 10.4. The quantitative estimate of drug-likeness (QED) is 0.478. The van der Waals surface area contributed by atoms with E-state index in [2.05, 4.69) is 10.5 Å². The number of hydrazone groups is 1. The van der Waals surface area contributed by atoms with Crippen molar-refractivity contribution < 1.29 is 9.90 Å². The number of nitrogens with two attached hydrogens (primary N) is 1. The predicted molar refractivity (Wildman–Crippen MR) is 53.0 cm³/mol. The van der Waals surface area contributed by atoms with E-state index in [-0.39, 0.29) is 5.75 Å². The van der Waals surface area contributed by atoms with Gasteiger partial charge < -0.3 is 10.8 Å². The van der Waals surface area contributed by atoms with Crippen LogP contribution in [0.4, 0.5) is 4.79 Å². The van der Waals surface area contributed by atoms with Crippen LogP contribution in [-0.4, -0.2) is 16.8 Å². The second-order valence-electron chi connectivity index (χ2n) is 2.69. The third-order valence-electron chi connectivity index (χ3n) is 1.63. The molecule has 5 heteroatoms. The number of aromatic hydroxyl groups is 1. The van der Waals surface area contributed by atoms with Crippen LogP contribution in [0, 0.1) is 0 Å². The number of primary amides is 1. The molecular formula is C9H11N3O2. The summed E-state index contributed by atoms with van der Waals surface area (Å²) < 4.78 is 0. The molecule has 0 aromatic heterocycles. The van der Waals surface area contributed by atoms with Crippen molar-refractivity contribution in [3.8, 4) is 5.75 Å². The molecule has 4 N–H and O–H groups in total. The Balaban J connectivity index is 2.89. The molecule has 0 bridgehead atoms. The van der Waals surface area contributed by atoms with Crippen LogP contribution in [0.5, 0.6) is 5.75 Å². The molecule has 0 spiro atoms. The van der Waals surface area contributed by atoms with Gasteiger partial charge in [0.05, 0.1) is 5.71 Å². The molecule has 1 rings (SSSR count). The van der Waals surface area contributed by atoms with Crippen LogP contribution in [-0.2, 0) is 0 Å². The minimum Gasteiger partial charge on any atom is -0.507 e. The SMILES string of the molecule is C/C(=N\NC(N)=O)c1ccccc1O. The number of urea groups is 1. The van der Waals surface area contributed by atoms with Gasteiger partial charge in [-0.25, -0.2) is 10.2 Å². The zero-order valence-corrected chi connectivity index (χ0v) is 7.69. The summed E-state index contributed by atoms with van der Waals surface area (Å²) in [4.78, 5) is 10.4. The number of rotatable bonds is 2. The smallest absolute Gasteiger partial charge is 0.332 e. The largest absolute Gasteiger partial charge is 0.507 e. The van der Waals surface area contributed by atoms with Crippen molar-refractivity contribution in [2.45, 2.75) is 6.92 Å². The van der Waals surface area contributed by atoms with Crippen LogP contribution in [0.2, 0.25) is 0 Å². The Kier molecular flexibility index (Phi) is 3.06. The first-order valence-corrected chi connectivity index (χ1v) is 3.99. The molecule has 0 saturated carbocycles. The van der Waals surface area contributed by atoms with Gasteiger partial charge in [-0.15, -0.1) is 0 Å². The van der Waals surface area contributed by atoms with Crippen LogP contribution in [0.15, 0.2) is 29.4 Å². The third-order valence-corrected chi connectivity index (χ3v) is 1.63. The van der Waals surface area contributed by atoms with Gasteiger partial charge in [0.2, 0.25) is 0 Å². The zero-order valence-electron chi connectivity index (χ0n) is 7.69. The topological polar surface area (TPSA) is 87.7 Å². The normalized spacial score (nSPS) is 11.1. The number of phenols is 1. The molecule has 0 atom stereocenters. The lowest BCUT2D eigenvalue weighted by Crippen LogP contribution is -2.25. The lowest BCUT2D eigenvalue weighted by atomic mass is 10.1. The van der Waals surface area contributed by atoms with Crippen molar-refractivity contribution in [2.24, 2.45) is 10.8 Å². The standard InChI is InChI=1S/C9H11N3O2/c1-6(11-12-9(10)14)7-4-2-3-5-8(7)13/h2-5,13H,1H3,(H3,10,12,14)/b11-6+. The fourth-order valence-corrected chi connectivity index (χ4v) is 0.979. The number of hydrogen-bond acceptors (Lipinski definition) is 3. The third kappa shape index (κ3) is 2.48. The lowest BCUT2D eigenvalue weighted by Gasteiger charge is -2.02. The molecule has 2 amide bonds. The minimum absolute atomic E-state index is 0.111. The Bertz CT molecular complexity index is 374. The maximum atomic E-state index is 10.4. The van der Waals surface area contributed by atoms with E-state index in [1.165, 1.54) is 0 Å². The molecule has 14 heavy (non-hydrogen) atoms. The van der Waals surface area contributed by atoms with Gasteiger partial charge in [-0.2, -0.15) is 5.10 Å². The fourth-order valence-electron chi connectivity index (χ4n) is 0.979. The Morgan fingerprint density at radius 1 is 1.50 bits per heavy atom. The average Bonchev–Trinajstić information content (AvgIpc) is 2.15. The van der Waals surface area contributed by atoms with Crippen molar-refractivity contribution >= 4 is 11.7 Å². The fraction of sp³-hybridized carbons (Fsp3) is 0.111. The van der Waals surface area contributed by atoms with Gasteiger partial charge in [0.15, 0.2) is 0 Å². The average molecular weight is 193 g/mol. The molecule has 0 aliphatic heterocycles. The van der Waals surface area contributed by atoms with Crippen LogP contribution in [0.1, 0.15) is 12.5 Å². The number of hydrogen-bond donors (Lipinski definition) is 3. The number of para-hydroxylation sites is 1. The Labute approximate surface area is 81.2 Å². The first kappa shape index (κ1) is 10.0. The molecule has 0 heterocycles. The number of carbonyl (C=O) groups is 1. The van der Waals surface area contributed by atoms with Gasteiger partial charge in [0, 0.05) is 5.56 Å². The van der Waals surface area contributed by atoms with E-state index < -0.39 is 6.03 Å². The van der Waals surface area contributed by atoms with E-state index in [0.717, 1.165) is 0 Å². The van der Waals surface area contributed by atoms with Crippen molar-refractivity contribution in [1.82, 2.24) is 5.43 Å². The van der Waals surface area contributed by atoms with Crippen molar-refractivity contribution in [1.29, 1.82) is 0 Å². The molecule has 0 unspecified atom stereocenters. The summed E-state index contributed by atoms with van der Waals surface area (Å²) >= 11 is 0. The Hall–Kier alpha value is -2.04. The Morgan fingerprint density at radius 3 is 2.71 bits per heavy atom. The van der Waals surface area contributed by atoms with Gasteiger partial charge in [0.1, 0.15) is 5.75 Å². The molecule has 0 saturated heterocycles. The van der Waals surface area contributed by atoms with E-state index in [0.29, 0.717) is 11.3 Å². The van der Waals surface area contributed by atoms with E-state index in [1.54, 1.807) is 31.2 Å². The van der Waals surface area contributed by atoms with Gasteiger partial charge in [-0.1, -0.05) is 12.1 Å². The number of amides is 2. The highest BCUT2D eigenvalue weighted by Crippen LogP contribution is 2.15. The molecule has 0 radical (unpaired) electrons. The van der Waals surface area contributed by atoms with Crippen LogP contribution >= 0.6 is 0 Å². The number of nitrogens with one attached hydrogen (secondary N) is 1. The van der Waals surface area contributed by atoms with Gasteiger partial charge in [-0.05, 0) is 19.1 Å². The first-order chi connectivity index (χ1) is 6.61. The molecular weight excluding hydrogens is 182 g/mol. The van der Waals surface area contributed by atoms with E-state index in [9.17, 15) is 9.90 Å². The summed E-state index contributed by atoms with van der Waals surface area (Å²) in [5.74, 6) is 0.111. The summed E-state index contributed by atoms with van der Waals surface area (Å²) in [6.45, 7) is 1.66. The highest BCUT2D eigenvalue weighted by Gasteiger charge is 2.02. The first-order valence-electron chi connectivity index (χ1n) is 3.99. The molecule has 0 aliphatic carbocycles. The second-order valence-corrected chi connectivity index (χ2v) is 2.69. The summed E-state index contributed by atoms with van der Waals surface area (Å²) in [6.07, 6.45) is 0. The maximum Gasteiger partial charge on any atom is 0.332 e. The van der Waals surface area contributed by atoms with Crippen molar-refractivity contribution in [2.75, 3.05) is 0 Å². The summed E-state index contributed by atoms with van der Waals surface area (Å²) in [7, 11) is 0. The summed E-state index contributed by atoms with van der Waals surface area (Å²) in [6, 6.07) is 5.96. The highest BCUT2D eigenvalue weighted by molar-refractivity contribution is 6.01. The number of phenolic OH excluding ortho intramolecular Hbond substituents is 1. The molecule has 1 aromatic carbocycles. The molecule has 0 fully saturated rings. The second kappa shape index (κ2) is 4.27. The number of benzene rings is 1. The van der Waals surface area contributed by atoms with E-state index >= 15 is 0 Å². The van der Waals surface area contributed by atoms with Crippen LogP contribution in [0.25, 0.3) is 0 Å². The highest BCUT2D eigenvalue weighted by atomic mass is 16.3. The van der Waals surface area contributed by atoms with Crippen LogP contribution < -0.4 is 11.2 Å². The molecule has 0 aliphatic rings. The van der Waals surface area contributed by atoms with Crippen molar-refractivity contribution in [3.63, 3.8) is 0 Å². The summed E-state index contributed by atoms with van der Waals surface area (Å²) in [5, 5.41) is 13.1. The lowest BCUT2D eigenvalue weighted by molar-refractivity contribution is 0.249. The number of nitrogens with zero attached hydrogens (tertiary/aromatic N) is 1. The zero-order chi connectivity index (χ0) is 10.6. The van der Waals surface area contributed by atoms with Gasteiger partial charge >= 0.3 is 6.03 Å². The van der Waals surface area contributed by atoms with Crippen LogP contribution in [0.3, 0.4) is 0 Å². The molecule has 74 valence electrons. The van der Waals surface area contributed by atoms with Gasteiger partial charge in [0.25, 0.3) is 0 Å². The Morgan fingerprint density at radius 2 is 2.14 bits per heavy atom. The minimum atomic E-state index is -0.736.